The zero-order valence-corrected chi connectivity index (χ0v) is 13.2. The Balaban J connectivity index is 2.01. The van der Waals surface area contributed by atoms with E-state index in [4.69, 9.17) is 27.9 Å². The summed E-state index contributed by atoms with van der Waals surface area (Å²) in [6.07, 6.45) is -0.168. The van der Waals surface area contributed by atoms with Gasteiger partial charge in [-0.1, -0.05) is 23.2 Å². The molecule has 2 N–H and O–H groups in total. The van der Waals surface area contributed by atoms with Crippen molar-refractivity contribution in [2.24, 2.45) is 0 Å². The number of benzene rings is 1. The molecule has 0 aliphatic carbocycles. The van der Waals surface area contributed by atoms with Crippen LogP contribution in [0.3, 0.4) is 0 Å². The lowest BCUT2D eigenvalue weighted by molar-refractivity contribution is -0.147. The summed E-state index contributed by atoms with van der Waals surface area (Å²) in [5, 5.41) is 12.7. The first-order valence-corrected chi connectivity index (χ1v) is 7.52. The predicted octanol–water partition coefficient (Wildman–Crippen LogP) is 2.11. The highest BCUT2D eigenvalue weighted by atomic mass is 35.5. The zero-order valence-electron chi connectivity index (χ0n) is 11.7. The van der Waals surface area contributed by atoms with Crippen LogP contribution >= 0.6 is 23.2 Å². The second-order valence-corrected chi connectivity index (χ2v) is 5.72. The Kier molecular flexibility index (Phi) is 6.02. The van der Waals surface area contributed by atoms with E-state index >= 15 is 0 Å². The van der Waals surface area contributed by atoms with Crippen molar-refractivity contribution in [1.82, 2.24) is 4.90 Å². The number of carbonyl (C=O) groups excluding carboxylic acids is 1. The van der Waals surface area contributed by atoms with Crippen LogP contribution < -0.4 is 5.32 Å². The van der Waals surface area contributed by atoms with Gasteiger partial charge in [0.25, 0.3) is 0 Å². The Labute approximate surface area is 137 Å². The van der Waals surface area contributed by atoms with E-state index in [0.29, 0.717) is 42.0 Å². The fourth-order valence-electron chi connectivity index (χ4n) is 2.23. The van der Waals surface area contributed by atoms with Gasteiger partial charge in [-0.25, -0.2) is 0 Å². The molecule has 1 heterocycles. The largest absolute Gasteiger partial charge is 0.480 e. The van der Waals surface area contributed by atoms with E-state index < -0.39 is 17.9 Å². The topological polar surface area (TPSA) is 78.9 Å². The minimum absolute atomic E-state index is 0.168. The molecule has 1 unspecified atom stereocenters. The van der Waals surface area contributed by atoms with E-state index in [2.05, 4.69) is 5.32 Å². The molecule has 22 heavy (non-hydrogen) atoms. The SMILES string of the molecule is O=C(CC(C(=O)O)N1CCOCC1)Nc1cc(Cl)ccc1Cl. The van der Waals surface area contributed by atoms with Gasteiger partial charge in [0.1, 0.15) is 6.04 Å². The first-order valence-electron chi connectivity index (χ1n) is 6.77. The van der Waals surface area contributed by atoms with Crippen LogP contribution in [0.1, 0.15) is 6.42 Å². The van der Waals surface area contributed by atoms with Crippen molar-refractivity contribution >= 4 is 40.8 Å². The first kappa shape index (κ1) is 17.0. The lowest BCUT2D eigenvalue weighted by atomic mass is 10.1. The minimum Gasteiger partial charge on any atom is -0.480 e. The van der Waals surface area contributed by atoms with Crippen molar-refractivity contribution in [3.05, 3.63) is 28.2 Å². The third-order valence-electron chi connectivity index (χ3n) is 3.35. The van der Waals surface area contributed by atoms with E-state index in [9.17, 15) is 14.7 Å². The summed E-state index contributed by atoms with van der Waals surface area (Å²) in [6, 6.07) is 3.80. The third kappa shape index (κ3) is 4.58. The molecule has 6 nitrogen and oxygen atoms in total. The van der Waals surface area contributed by atoms with E-state index in [-0.39, 0.29) is 6.42 Å². The molecule has 0 radical (unpaired) electrons. The maximum atomic E-state index is 12.1. The van der Waals surface area contributed by atoms with Gasteiger partial charge in [0, 0.05) is 18.1 Å². The van der Waals surface area contributed by atoms with Crippen LogP contribution in [0.2, 0.25) is 10.0 Å². The number of rotatable bonds is 5. The van der Waals surface area contributed by atoms with E-state index in [1.165, 1.54) is 6.07 Å². The number of carbonyl (C=O) groups is 2. The van der Waals surface area contributed by atoms with Crippen LogP contribution in [0.25, 0.3) is 0 Å². The molecule has 120 valence electrons. The third-order valence-corrected chi connectivity index (χ3v) is 3.92. The molecule has 1 aliphatic rings. The summed E-state index contributed by atoms with van der Waals surface area (Å²) in [6.45, 7) is 1.90. The molecule has 0 aromatic heterocycles. The molecule has 2 rings (SSSR count). The van der Waals surface area contributed by atoms with Gasteiger partial charge < -0.3 is 15.2 Å². The van der Waals surface area contributed by atoms with Crippen molar-refractivity contribution in [3.8, 4) is 0 Å². The average molecular weight is 347 g/mol. The van der Waals surface area contributed by atoms with Gasteiger partial charge in [-0.2, -0.15) is 0 Å². The van der Waals surface area contributed by atoms with E-state index in [0.717, 1.165) is 0 Å². The van der Waals surface area contributed by atoms with Gasteiger partial charge in [0.15, 0.2) is 0 Å². The van der Waals surface area contributed by atoms with Crippen LogP contribution in [-0.4, -0.2) is 54.2 Å². The van der Waals surface area contributed by atoms with Gasteiger partial charge in [0.2, 0.25) is 5.91 Å². The lowest BCUT2D eigenvalue weighted by Crippen LogP contribution is -2.48. The number of carboxylic acid groups (broad SMARTS) is 1. The molecule has 1 amide bonds. The molecule has 1 fully saturated rings. The second kappa shape index (κ2) is 7.78. The summed E-state index contributed by atoms with van der Waals surface area (Å²) in [4.78, 5) is 25.2. The van der Waals surface area contributed by atoms with Gasteiger partial charge in [-0.15, -0.1) is 0 Å². The van der Waals surface area contributed by atoms with Crippen molar-refractivity contribution in [2.75, 3.05) is 31.6 Å². The Morgan fingerprint density at radius 3 is 2.64 bits per heavy atom. The molecular weight excluding hydrogens is 331 g/mol. The van der Waals surface area contributed by atoms with Crippen molar-refractivity contribution < 1.29 is 19.4 Å². The Morgan fingerprint density at radius 1 is 1.32 bits per heavy atom. The van der Waals surface area contributed by atoms with Gasteiger partial charge in [0.05, 0.1) is 30.3 Å². The first-order chi connectivity index (χ1) is 10.5. The number of carboxylic acids is 1. The van der Waals surface area contributed by atoms with Crippen molar-refractivity contribution in [1.29, 1.82) is 0 Å². The highest BCUT2D eigenvalue weighted by Gasteiger charge is 2.29. The molecule has 1 aliphatic heterocycles. The highest BCUT2D eigenvalue weighted by molar-refractivity contribution is 6.35. The molecule has 0 saturated carbocycles. The summed E-state index contributed by atoms with van der Waals surface area (Å²) in [5.41, 5.74) is 0.366. The van der Waals surface area contributed by atoms with Crippen LogP contribution in [0.15, 0.2) is 18.2 Å². The summed E-state index contributed by atoms with van der Waals surface area (Å²) >= 11 is 11.8. The number of nitrogens with zero attached hydrogens (tertiary/aromatic N) is 1. The fraction of sp³-hybridized carbons (Fsp3) is 0.429. The number of ether oxygens (including phenoxy) is 1. The smallest absolute Gasteiger partial charge is 0.321 e. The summed E-state index contributed by atoms with van der Waals surface area (Å²) < 4.78 is 5.19. The number of hydrogen-bond donors (Lipinski definition) is 2. The highest BCUT2D eigenvalue weighted by Crippen LogP contribution is 2.25. The molecule has 0 bridgehead atoms. The number of anilines is 1. The predicted molar refractivity (Wildman–Crippen MR) is 83.5 cm³/mol. The molecule has 8 heteroatoms. The molecule has 1 atom stereocenters. The van der Waals surface area contributed by atoms with Crippen LogP contribution in [0.4, 0.5) is 5.69 Å². The standard InChI is InChI=1S/C14H16Cl2N2O4/c15-9-1-2-10(16)11(7-9)17-13(19)8-12(14(20)21)18-3-5-22-6-4-18/h1-2,7,12H,3-6,8H2,(H,17,19)(H,20,21). The summed E-state index contributed by atoms with van der Waals surface area (Å²) in [7, 11) is 0. The number of aliphatic carboxylic acids is 1. The Bertz CT molecular complexity index is 562. The number of morpholine rings is 1. The maximum Gasteiger partial charge on any atom is 0.321 e. The zero-order chi connectivity index (χ0) is 16.1. The Morgan fingerprint density at radius 2 is 2.00 bits per heavy atom. The maximum absolute atomic E-state index is 12.1. The number of hydrogen-bond acceptors (Lipinski definition) is 4. The van der Waals surface area contributed by atoms with Crippen LogP contribution in [0.5, 0.6) is 0 Å². The quantitative estimate of drug-likeness (QED) is 0.853. The molecule has 1 aromatic carbocycles. The molecule has 1 saturated heterocycles. The van der Waals surface area contributed by atoms with Gasteiger partial charge in [-0.05, 0) is 18.2 Å². The fourth-order valence-corrected chi connectivity index (χ4v) is 2.57. The molecule has 0 spiro atoms. The van der Waals surface area contributed by atoms with Crippen LogP contribution in [0, 0.1) is 0 Å². The normalized spacial score (nSPS) is 17.0. The van der Waals surface area contributed by atoms with E-state index in [1.54, 1.807) is 17.0 Å². The number of halogens is 2. The van der Waals surface area contributed by atoms with Gasteiger partial charge in [-0.3, -0.25) is 14.5 Å². The molecular formula is C14H16Cl2N2O4. The average Bonchev–Trinajstić information content (AvgIpc) is 2.49. The van der Waals surface area contributed by atoms with Crippen molar-refractivity contribution in [2.45, 2.75) is 12.5 Å². The Hall–Kier alpha value is -1.34. The molecule has 1 aromatic rings. The lowest BCUT2D eigenvalue weighted by Gasteiger charge is -2.31. The summed E-state index contributed by atoms with van der Waals surface area (Å²) in [5.74, 6) is -1.46. The van der Waals surface area contributed by atoms with Crippen LogP contribution in [-0.2, 0) is 14.3 Å². The number of amides is 1. The monoisotopic (exact) mass is 346 g/mol. The van der Waals surface area contributed by atoms with E-state index in [1.807, 2.05) is 0 Å². The second-order valence-electron chi connectivity index (χ2n) is 4.88. The number of nitrogens with one attached hydrogen (secondary N) is 1. The minimum atomic E-state index is -1.03. The van der Waals surface area contributed by atoms with Gasteiger partial charge >= 0.3 is 5.97 Å². The van der Waals surface area contributed by atoms with Crippen molar-refractivity contribution in [3.63, 3.8) is 0 Å².